The number of aliphatic hydroxyl groups excluding tert-OH is 1. The zero-order valence-electron chi connectivity index (χ0n) is 46.1. The number of amides is 7. The second-order valence-corrected chi connectivity index (χ2v) is 21.3. The molecule has 25 heteroatoms. The van der Waals surface area contributed by atoms with Gasteiger partial charge in [0.25, 0.3) is 0 Å². The molecule has 0 fully saturated rings. The Morgan fingerprint density at radius 2 is 1.34 bits per heavy atom. The van der Waals surface area contributed by atoms with Gasteiger partial charge in [-0.3, -0.25) is 38.4 Å². The van der Waals surface area contributed by atoms with Gasteiger partial charge in [-0.05, 0) is 101 Å². The van der Waals surface area contributed by atoms with Crippen LogP contribution in [-0.2, 0) is 59.2 Å². The van der Waals surface area contributed by atoms with Crippen LogP contribution in [0, 0.1) is 17.0 Å². The van der Waals surface area contributed by atoms with Crippen molar-refractivity contribution in [1.29, 1.82) is 0 Å². The maximum absolute atomic E-state index is 15.4. The number of carbonyl (C=O) groups is 10. The summed E-state index contributed by atoms with van der Waals surface area (Å²) in [7, 11) is 0. The molecule has 0 aliphatic carbocycles. The molecule has 0 aliphatic rings. The Balaban J connectivity index is 1.99. The molecular weight excluding hydrogens is 1050 g/mol. The van der Waals surface area contributed by atoms with Crippen molar-refractivity contribution in [2.75, 3.05) is 26.2 Å². The molecule has 0 aliphatic heterocycles. The highest BCUT2D eigenvalue weighted by Crippen LogP contribution is 2.41. The Kier molecular flexibility index (Phi) is 26.3. The molecule has 0 bridgehead atoms. The number of carbonyl (C=O) groups excluding carboxylic acids is 8. The first-order valence-electron chi connectivity index (χ1n) is 26.2. The van der Waals surface area contributed by atoms with E-state index in [9.17, 15) is 62.5 Å². The molecule has 0 unspecified atom stereocenters. The third-order valence-corrected chi connectivity index (χ3v) is 12.3. The summed E-state index contributed by atoms with van der Waals surface area (Å²) < 4.78 is 37.2. The number of nitrogens with two attached hydrogens (primary N) is 2. The fraction of sp³-hybridized carbons (Fsp3) is 0.527. The lowest BCUT2D eigenvalue weighted by molar-refractivity contribution is -0.159. The predicted molar refractivity (Wildman–Crippen MR) is 287 cm³/mol. The predicted octanol–water partition coefficient (Wildman–Crippen LogP) is 2.69. The number of esters is 1. The minimum absolute atomic E-state index is 0.0844. The van der Waals surface area contributed by atoms with Gasteiger partial charge in [-0.25, -0.2) is 18.4 Å². The van der Waals surface area contributed by atoms with Gasteiger partial charge < -0.3 is 67.6 Å². The van der Waals surface area contributed by atoms with Crippen molar-refractivity contribution >= 4 is 59.3 Å². The molecule has 0 saturated heterocycles. The lowest BCUT2D eigenvalue weighted by Crippen LogP contribution is -2.56. The van der Waals surface area contributed by atoms with Gasteiger partial charge in [-0.2, -0.15) is 0 Å². The van der Waals surface area contributed by atoms with Gasteiger partial charge in [0.15, 0.2) is 0 Å². The Labute approximate surface area is 463 Å². The normalized spacial score (nSPS) is 13.3. The molecule has 5 atom stereocenters. The van der Waals surface area contributed by atoms with Crippen molar-refractivity contribution in [2.24, 2.45) is 16.9 Å². The number of nitrogens with zero attached hydrogens (tertiary/aromatic N) is 2. The molecule has 1 heterocycles. The minimum Gasteiger partial charge on any atom is -0.481 e. The maximum Gasteiger partial charge on any atom is 0.329 e. The standard InChI is InChI=1S/C55H77F2N9O14/c1-54(2,3)49(42-27-34(36-28-35(56)18-19-37(36)57)31-65(42)30-33-13-8-7-9-14-33)66(47(72)32-67)26-23-38(50(75)60-25-22-46(71)61-39(52(77)78)20-21-48(73)74)64-51(76)41(29-43(59)68)63-45(70)17-12-16-44(69)62-40(15-10-11-24-58)53(79)80-55(4,5)6/h7-9,13-14,18-19,27-28,31,38-41,49,67H,10-12,15-17,20-26,29-30,32,58H2,1-6H3,(H2,59,68)(H,60,75)(H,61,71)(H,62,69)(H,63,70)(H,64,76)(H,73,74)(H,77,78)/t38-,39+,40-,41-,49-/m0/s1. The number of unbranched alkanes of at least 4 members (excludes halogenated alkanes) is 1. The van der Waals surface area contributed by atoms with E-state index in [4.69, 9.17) is 21.3 Å². The highest BCUT2D eigenvalue weighted by atomic mass is 19.1. The van der Waals surface area contributed by atoms with E-state index in [0.717, 1.165) is 23.8 Å². The average Bonchev–Trinajstić information content (AvgIpc) is 3.76. The molecule has 0 radical (unpaired) electrons. The summed E-state index contributed by atoms with van der Waals surface area (Å²) in [4.78, 5) is 131. The third-order valence-electron chi connectivity index (χ3n) is 12.3. The molecule has 80 heavy (non-hydrogen) atoms. The third kappa shape index (κ3) is 22.9. The van der Waals surface area contributed by atoms with Crippen LogP contribution in [0.2, 0.25) is 0 Å². The minimum atomic E-state index is -1.71. The van der Waals surface area contributed by atoms with Gasteiger partial charge in [-0.15, -0.1) is 0 Å². The van der Waals surface area contributed by atoms with E-state index < -0.39 is 164 Å². The number of hydrogen-bond acceptors (Lipinski definition) is 13. The SMILES string of the molecule is CC(C)(C)OC(=O)[C@H](CCCCN)NC(=O)CCCC(=O)N[C@@H](CC(N)=O)C(=O)N[C@@H](CCN(C(=O)CO)[C@@H](c1cc(-c2cc(F)ccc2F)cn1Cc1ccccc1)C(C)(C)C)C(=O)NCCC(=O)N[C@H](CCC(=O)O)C(=O)O. The van der Waals surface area contributed by atoms with Gasteiger partial charge in [0.1, 0.15) is 48.0 Å². The topological polar surface area (TPSA) is 361 Å². The lowest BCUT2D eigenvalue weighted by atomic mass is 9.82. The van der Waals surface area contributed by atoms with Crippen LogP contribution in [0.1, 0.15) is 129 Å². The summed E-state index contributed by atoms with van der Waals surface area (Å²) in [5.74, 6) is -11.2. The Bertz CT molecular complexity index is 2640. The molecule has 0 spiro atoms. The number of aliphatic hydroxyl groups is 1. The van der Waals surface area contributed by atoms with Crippen LogP contribution in [0.25, 0.3) is 11.1 Å². The summed E-state index contributed by atoms with van der Waals surface area (Å²) in [6, 6.07) is 6.67. The van der Waals surface area contributed by atoms with Gasteiger partial charge in [0.05, 0.1) is 12.5 Å². The van der Waals surface area contributed by atoms with E-state index in [2.05, 4.69) is 26.6 Å². The van der Waals surface area contributed by atoms with Crippen LogP contribution >= 0.6 is 0 Å². The number of ether oxygens (including phenoxy) is 1. The fourth-order valence-electron chi connectivity index (χ4n) is 8.59. The number of rotatable bonds is 33. The Morgan fingerprint density at radius 3 is 1.91 bits per heavy atom. The van der Waals surface area contributed by atoms with Crippen LogP contribution in [0.15, 0.2) is 60.8 Å². The number of nitrogens with one attached hydrogen (secondary N) is 5. The van der Waals surface area contributed by atoms with Crippen molar-refractivity contribution in [3.63, 3.8) is 0 Å². The molecule has 0 saturated carbocycles. The van der Waals surface area contributed by atoms with E-state index >= 15 is 4.39 Å². The molecule has 2 aromatic carbocycles. The van der Waals surface area contributed by atoms with Gasteiger partial charge in [0.2, 0.25) is 41.4 Å². The van der Waals surface area contributed by atoms with E-state index in [1.54, 1.807) is 76.6 Å². The zero-order chi connectivity index (χ0) is 59.9. The van der Waals surface area contributed by atoms with Crippen LogP contribution in [0.4, 0.5) is 8.78 Å². The lowest BCUT2D eigenvalue weighted by Gasteiger charge is -2.41. The summed E-state index contributed by atoms with van der Waals surface area (Å²) in [6.07, 6.45) is -0.543. The molecule has 23 nitrogen and oxygen atoms in total. The number of carboxylic acid groups (broad SMARTS) is 2. The van der Waals surface area contributed by atoms with Crippen molar-refractivity contribution in [3.05, 3.63) is 83.7 Å². The van der Waals surface area contributed by atoms with E-state index in [0.29, 0.717) is 25.1 Å². The number of halogens is 2. The van der Waals surface area contributed by atoms with Gasteiger partial charge in [0, 0.05) is 68.3 Å². The number of aliphatic carboxylic acids is 2. The van der Waals surface area contributed by atoms with Gasteiger partial charge in [-0.1, -0.05) is 51.1 Å². The molecule has 3 aromatic rings. The van der Waals surface area contributed by atoms with E-state index in [1.165, 1.54) is 4.90 Å². The fourth-order valence-corrected chi connectivity index (χ4v) is 8.59. The monoisotopic (exact) mass is 1130 g/mol. The number of hydrogen-bond donors (Lipinski definition) is 10. The first-order chi connectivity index (χ1) is 37.5. The Morgan fingerprint density at radius 1 is 0.713 bits per heavy atom. The van der Waals surface area contributed by atoms with Crippen molar-refractivity contribution in [1.82, 2.24) is 36.1 Å². The zero-order valence-corrected chi connectivity index (χ0v) is 46.1. The van der Waals surface area contributed by atoms with Crippen molar-refractivity contribution < 1.29 is 76.8 Å². The second kappa shape index (κ2) is 31.7. The largest absolute Gasteiger partial charge is 0.481 e. The van der Waals surface area contributed by atoms with Crippen molar-refractivity contribution in [2.45, 2.75) is 155 Å². The Hall–Kier alpha value is -7.80. The smallest absolute Gasteiger partial charge is 0.329 e. The van der Waals surface area contributed by atoms with E-state index in [1.807, 2.05) is 12.1 Å². The van der Waals surface area contributed by atoms with E-state index in [-0.39, 0.29) is 43.4 Å². The summed E-state index contributed by atoms with van der Waals surface area (Å²) in [5, 5.41) is 41.2. The quantitative estimate of drug-likeness (QED) is 0.0310. The molecule has 7 amide bonds. The highest BCUT2D eigenvalue weighted by molar-refractivity contribution is 5.95. The highest BCUT2D eigenvalue weighted by Gasteiger charge is 2.39. The summed E-state index contributed by atoms with van der Waals surface area (Å²) in [6.45, 7) is 8.96. The molecule has 12 N–H and O–H groups in total. The molecule has 3 rings (SSSR count). The second-order valence-electron chi connectivity index (χ2n) is 21.3. The van der Waals surface area contributed by atoms with Crippen molar-refractivity contribution in [3.8, 4) is 11.1 Å². The average molecular weight is 1130 g/mol. The molecule has 440 valence electrons. The van der Waals surface area contributed by atoms with Crippen LogP contribution in [0.3, 0.4) is 0 Å². The summed E-state index contributed by atoms with van der Waals surface area (Å²) in [5.41, 5.74) is 10.7. The molecular formula is C55H77F2N9O14. The van der Waals surface area contributed by atoms with Gasteiger partial charge >= 0.3 is 17.9 Å². The first kappa shape index (κ1) is 66.5. The number of primary amides is 1. The number of benzene rings is 2. The number of aromatic nitrogens is 1. The van der Waals surface area contributed by atoms with Crippen LogP contribution in [0.5, 0.6) is 0 Å². The maximum atomic E-state index is 15.4. The molecule has 1 aromatic heterocycles. The van der Waals surface area contributed by atoms with Crippen LogP contribution in [-0.4, -0.2) is 140 Å². The number of carboxylic acids is 2. The summed E-state index contributed by atoms with van der Waals surface area (Å²) >= 11 is 0. The first-order valence-corrected chi connectivity index (χ1v) is 26.2. The van der Waals surface area contributed by atoms with Crippen LogP contribution < -0.4 is 38.1 Å².